The molecule has 108 valence electrons. The van der Waals surface area contributed by atoms with Gasteiger partial charge in [0.2, 0.25) is 0 Å². The molecule has 4 aromatic rings. The van der Waals surface area contributed by atoms with E-state index in [-0.39, 0.29) is 0 Å². The average Bonchev–Trinajstić information content (AvgIpc) is 3.32. The molecule has 0 saturated carbocycles. The minimum Gasteiger partial charge on any atom is -0.286 e. The highest BCUT2D eigenvalue weighted by Crippen LogP contribution is 2.23. The van der Waals surface area contributed by atoms with Gasteiger partial charge >= 0.3 is 0 Å². The number of rotatable bonds is 2. The summed E-state index contributed by atoms with van der Waals surface area (Å²) in [6, 6.07) is 22.6. The lowest BCUT2D eigenvalue weighted by atomic mass is 10.0. The Kier molecular flexibility index (Phi) is 4.42. The van der Waals surface area contributed by atoms with Crippen molar-refractivity contribution in [3.05, 3.63) is 85.3 Å². The first kappa shape index (κ1) is 13.8. The molecule has 0 unspecified atom stereocenters. The van der Waals surface area contributed by atoms with Crippen LogP contribution in [-0.2, 0) is 0 Å². The first-order chi connectivity index (χ1) is 10.9. The summed E-state index contributed by atoms with van der Waals surface area (Å²) in [6.45, 7) is 0. The second-order valence-electron chi connectivity index (χ2n) is 4.67. The van der Waals surface area contributed by atoms with Crippen LogP contribution in [0.3, 0.4) is 0 Å². The van der Waals surface area contributed by atoms with Crippen LogP contribution in [0.5, 0.6) is 0 Å². The fraction of sp³-hybridized carbons (Fsp3) is 0. The van der Waals surface area contributed by atoms with E-state index in [1.54, 1.807) is 12.4 Å². The molecule has 4 rings (SSSR count). The third-order valence-corrected chi connectivity index (χ3v) is 3.19. The van der Waals surface area contributed by atoms with Gasteiger partial charge in [-0.15, -0.1) is 0 Å². The topological polar surface area (TPSA) is 57.4 Å². The number of aromatic nitrogens is 4. The number of aromatic amines is 2. The van der Waals surface area contributed by atoms with E-state index in [2.05, 4.69) is 68.9 Å². The molecular weight excluding hydrogens is 272 g/mol. The number of nitrogens with zero attached hydrogens (tertiary/aromatic N) is 2. The Morgan fingerprint density at radius 3 is 1.86 bits per heavy atom. The molecule has 0 fully saturated rings. The van der Waals surface area contributed by atoms with Crippen LogP contribution < -0.4 is 0 Å². The molecule has 0 aliphatic rings. The van der Waals surface area contributed by atoms with Crippen molar-refractivity contribution in [2.24, 2.45) is 0 Å². The summed E-state index contributed by atoms with van der Waals surface area (Å²) in [7, 11) is 0. The summed E-state index contributed by atoms with van der Waals surface area (Å²) in [4.78, 5) is 0. The van der Waals surface area contributed by atoms with Crippen molar-refractivity contribution < 1.29 is 0 Å². The third-order valence-electron chi connectivity index (χ3n) is 3.19. The van der Waals surface area contributed by atoms with Gasteiger partial charge in [-0.3, -0.25) is 10.2 Å². The van der Waals surface area contributed by atoms with Gasteiger partial charge in [0.25, 0.3) is 0 Å². The van der Waals surface area contributed by atoms with Crippen LogP contribution in [0.2, 0.25) is 0 Å². The highest BCUT2D eigenvalue weighted by Gasteiger charge is 2.00. The van der Waals surface area contributed by atoms with Gasteiger partial charge in [-0.2, -0.15) is 10.2 Å². The van der Waals surface area contributed by atoms with E-state index >= 15 is 0 Å². The van der Waals surface area contributed by atoms with Gasteiger partial charge in [0, 0.05) is 24.2 Å². The van der Waals surface area contributed by atoms with Crippen LogP contribution in [0, 0.1) is 0 Å². The third kappa shape index (κ3) is 3.49. The molecule has 0 spiro atoms. The summed E-state index contributed by atoms with van der Waals surface area (Å²) in [5, 5.41) is 13.2. The average molecular weight is 288 g/mol. The van der Waals surface area contributed by atoms with Crippen molar-refractivity contribution in [3.63, 3.8) is 0 Å². The van der Waals surface area contributed by atoms with Crippen LogP contribution >= 0.6 is 0 Å². The monoisotopic (exact) mass is 288 g/mol. The quantitative estimate of drug-likeness (QED) is 0.582. The van der Waals surface area contributed by atoms with Gasteiger partial charge in [0.05, 0.1) is 5.69 Å². The Hall–Kier alpha value is -3.14. The highest BCUT2D eigenvalue weighted by atomic mass is 15.1. The molecule has 2 N–H and O–H groups in total. The van der Waals surface area contributed by atoms with E-state index < -0.39 is 0 Å². The van der Waals surface area contributed by atoms with Crippen LogP contribution in [0.4, 0.5) is 0 Å². The zero-order valence-corrected chi connectivity index (χ0v) is 12.0. The SMILES string of the molecule is c1ccc(-c2ccc(-c3cc[nH]n3)cc2)cc1.c1cn[nH]c1. The van der Waals surface area contributed by atoms with Crippen molar-refractivity contribution in [2.75, 3.05) is 0 Å². The van der Waals surface area contributed by atoms with Crippen molar-refractivity contribution in [1.82, 2.24) is 20.4 Å². The van der Waals surface area contributed by atoms with E-state index in [9.17, 15) is 0 Å². The largest absolute Gasteiger partial charge is 0.286 e. The predicted molar refractivity (Wildman–Crippen MR) is 88.0 cm³/mol. The zero-order chi connectivity index (χ0) is 15.0. The predicted octanol–water partition coefficient (Wildman–Crippen LogP) is 4.15. The second-order valence-corrected chi connectivity index (χ2v) is 4.67. The second kappa shape index (κ2) is 7.04. The first-order valence-electron chi connectivity index (χ1n) is 7.03. The normalized spacial score (nSPS) is 9.82. The maximum absolute atomic E-state index is 4.16. The summed E-state index contributed by atoms with van der Waals surface area (Å²) >= 11 is 0. The Morgan fingerprint density at radius 1 is 0.591 bits per heavy atom. The number of hydrogen-bond donors (Lipinski definition) is 2. The Bertz CT molecular complexity index is 741. The number of benzene rings is 2. The summed E-state index contributed by atoms with van der Waals surface area (Å²) < 4.78 is 0. The van der Waals surface area contributed by atoms with Crippen LogP contribution in [0.1, 0.15) is 0 Å². The molecule has 0 bridgehead atoms. The Balaban J connectivity index is 0.000000246. The lowest BCUT2D eigenvalue weighted by molar-refractivity contribution is 1.09. The molecule has 0 aliphatic carbocycles. The highest BCUT2D eigenvalue weighted by molar-refractivity contribution is 5.68. The van der Waals surface area contributed by atoms with E-state index in [0.717, 1.165) is 11.3 Å². The van der Waals surface area contributed by atoms with E-state index in [4.69, 9.17) is 0 Å². The van der Waals surface area contributed by atoms with Crippen LogP contribution in [-0.4, -0.2) is 20.4 Å². The molecule has 4 nitrogen and oxygen atoms in total. The molecule has 0 radical (unpaired) electrons. The zero-order valence-electron chi connectivity index (χ0n) is 12.0. The van der Waals surface area contributed by atoms with Gasteiger partial charge in [-0.25, -0.2) is 0 Å². The Labute approximate surface area is 128 Å². The fourth-order valence-corrected chi connectivity index (χ4v) is 2.10. The maximum atomic E-state index is 4.16. The van der Waals surface area contributed by atoms with Crippen molar-refractivity contribution in [2.45, 2.75) is 0 Å². The maximum Gasteiger partial charge on any atom is 0.0920 e. The molecule has 2 aromatic heterocycles. The summed E-state index contributed by atoms with van der Waals surface area (Å²) in [6.07, 6.45) is 5.29. The number of H-pyrrole nitrogens is 2. The summed E-state index contributed by atoms with van der Waals surface area (Å²) in [5.74, 6) is 0. The van der Waals surface area contributed by atoms with Gasteiger partial charge in [-0.05, 0) is 23.3 Å². The first-order valence-corrected chi connectivity index (χ1v) is 7.03. The van der Waals surface area contributed by atoms with E-state index in [1.807, 2.05) is 24.4 Å². The van der Waals surface area contributed by atoms with E-state index in [1.165, 1.54) is 11.1 Å². The lowest BCUT2D eigenvalue weighted by Crippen LogP contribution is -1.80. The molecule has 4 heteroatoms. The number of nitrogens with one attached hydrogen (secondary N) is 2. The fourth-order valence-electron chi connectivity index (χ4n) is 2.10. The standard InChI is InChI=1S/C15H12N2.C3H4N2/c1-2-4-12(5-3-1)13-6-8-14(9-7-13)15-10-11-16-17-15;1-2-4-5-3-1/h1-11H,(H,16,17);1-3H,(H,4,5). The van der Waals surface area contributed by atoms with Crippen LogP contribution in [0.25, 0.3) is 22.4 Å². The van der Waals surface area contributed by atoms with Gasteiger partial charge in [-0.1, -0.05) is 54.6 Å². The molecule has 2 heterocycles. The van der Waals surface area contributed by atoms with Gasteiger partial charge in [0.1, 0.15) is 0 Å². The van der Waals surface area contributed by atoms with Crippen molar-refractivity contribution >= 4 is 0 Å². The van der Waals surface area contributed by atoms with E-state index in [0.29, 0.717) is 0 Å². The Morgan fingerprint density at radius 2 is 1.32 bits per heavy atom. The smallest absolute Gasteiger partial charge is 0.0920 e. The number of hydrogen-bond acceptors (Lipinski definition) is 2. The lowest BCUT2D eigenvalue weighted by Gasteiger charge is -2.02. The molecule has 2 aromatic carbocycles. The minimum atomic E-state index is 0.976. The molecule has 0 aliphatic heterocycles. The minimum absolute atomic E-state index is 0.976. The summed E-state index contributed by atoms with van der Waals surface area (Å²) in [5.41, 5.74) is 4.57. The van der Waals surface area contributed by atoms with Gasteiger partial charge in [0.15, 0.2) is 0 Å². The molecule has 22 heavy (non-hydrogen) atoms. The molecule has 0 atom stereocenters. The van der Waals surface area contributed by atoms with Crippen LogP contribution in [0.15, 0.2) is 85.3 Å². The molecule has 0 saturated heterocycles. The molecular formula is C18H16N4. The molecule has 0 amide bonds. The van der Waals surface area contributed by atoms with Crippen molar-refractivity contribution in [1.29, 1.82) is 0 Å². The van der Waals surface area contributed by atoms with Gasteiger partial charge < -0.3 is 0 Å². The van der Waals surface area contributed by atoms with Crippen molar-refractivity contribution in [3.8, 4) is 22.4 Å².